The molecule has 1 aliphatic heterocycles. The number of benzene rings is 1. The Morgan fingerprint density at radius 3 is 2.67 bits per heavy atom. The fraction of sp³-hybridized carbons (Fsp3) is 0.684. The summed E-state index contributed by atoms with van der Waals surface area (Å²) in [5.41, 5.74) is 9.61. The van der Waals surface area contributed by atoms with E-state index in [9.17, 15) is 0 Å². The van der Waals surface area contributed by atoms with E-state index in [1.165, 1.54) is 69.3 Å². The first-order valence-corrected chi connectivity index (χ1v) is 8.77. The van der Waals surface area contributed by atoms with Crippen LogP contribution in [0.5, 0.6) is 0 Å². The minimum Gasteiger partial charge on any atom is -0.399 e. The molecule has 1 aliphatic rings. The molecule has 0 aliphatic carbocycles. The Hall–Kier alpha value is -1.02. The summed E-state index contributed by atoms with van der Waals surface area (Å²) in [4.78, 5) is 2.66. The van der Waals surface area contributed by atoms with Crippen LogP contribution in [0.25, 0.3) is 0 Å². The average Bonchev–Trinajstić information content (AvgIpc) is 2.51. The molecule has 1 aromatic rings. The molecule has 118 valence electrons. The van der Waals surface area contributed by atoms with E-state index in [-0.39, 0.29) is 0 Å². The van der Waals surface area contributed by atoms with Crippen molar-refractivity contribution in [2.45, 2.75) is 58.8 Å². The topological polar surface area (TPSA) is 29.3 Å². The van der Waals surface area contributed by atoms with Gasteiger partial charge in [-0.05, 0) is 75.4 Å². The molecular formula is C19H32N2. The molecule has 0 amide bonds. The molecule has 1 aromatic carbocycles. The third-order valence-corrected chi connectivity index (χ3v) is 5.08. The maximum Gasteiger partial charge on any atom is 0.0346 e. The van der Waals surface area contributed by atoms with Crippen LogP contribution >= 0.6 is 0 Å². The third-order valence-electron chi connectivity index (χ3n) is 5.08. The molecule has 1 saturated heterocycles. The molecule has 0 aromatic heterocycles. The Bertz CT molecular complexity index is 420. The molecule has 21 heavy (non-hydrogen) atoms. The first-order valence-electron chi connectivity index (χ1n) is 8.77. The summed E-state index contributed by atoms with van der Waals surface area (Å²) in [5, 5.41) is 0. The van der Waals surface area contributed by atoms with Crippen LogP contribution in [-0.2, 0) is 6.42 Å². The van der Waals surface area contributed by atoms with Crippen molar-refractivity contribution in [2.75, 3.05) is 25.4 Å². The lowest BCUT2D eigenvalue weighted by Crippen LogP contribution is -2.34. The van der Waals surface area contributed by atoms with E-state index in [1.54, 1.807) is 0 Å². The third kappa shape index (κ3) is 5.03. The number of anilines is 1. The highest BCUT2D eigenvalue weighted by molar-refractivity contribution is 5.49. The first-order chi connectivity index (χ1) is 10.2. The van der Waals surface area contributed by atoms with Crippen LogP contribution in [0.4, 0.5) is 5.69 Å². The molecule has 1 heterocycles. The molecule has 0 bridgehead atoms. The van der Waals surface area contributed by atoms with Gasteiger partial charge in [0.2, 0.25) is 0 Å². The van der Waals surface area contributed by atoms with Gasteiger partial charge in [0.1, 0.15) is 0 Å². The average molecular weight is 288 g/mol. The van der Waals surface area contributed by atoms with Crippen molar-refractivity contribution in [1.29, 1.82) is 0 Å². The van der Waals surface area contributed by atoms with Crippen molar-refractivity contribution in [2.24, 2.45) is 5.92 Å². The lowest BCUT2D eigenvalue weighted by molar-refractivity contribution is 0.176. The monoisotopic (exact) mass is 288 g/mol. The van der Waals surface area contributed by atoms with Gasteiger partial charge in [0.25, 0.3) is 0 Å². The van der Waals surface area contributed by atoms with Crippen molar-refractivity contribution in [3.05, 3.63) is 29.3 Å². The first kappa shape index (κ1) is 16.4. The number of hydrogen-bond donors (Lipinski definition) is 1. The van der Waals surface area contributed by atoms with E-state index in [0.29, 0.717) is 0 Å². The number of hydrogen-bond acceptors (Lipinski definition) is 2. The summed E-state index contributed by atoms with van der Waals surface area (Å²) in [7, 11) is 0. The van der Waals surface area contributed by atoms with Crippen LogP contribution in [-0.4, -0.2) is 24.5 Å². The smallest absolute Gasteiger partial charge is 0.0346 e. The minimum absolute atomic E-state index is 0.934. The van der Waals surface area contributed by atoms with Gasteiger partial charge in [-0.1, -0.05) is 38.3 Å². The van der Waals surface area contributed by atoms with Gasteiger partial charge in [0, 0.05) is 5.69 Å². The van der Waals surface area contributed by atoms with Crippen molar-refractivity contribution < 1.29 is 0 Å². The Labute approximate surface area is 130 Å². The summed E-state index contributed by atoms with van der Waals surface area (Å²) < 4.78 is 0. The van der Waals surface area contributed by atoms with Crippen molar-refractivity contribution in [1.82, 2.24) is 4.90 Å². The normalized spacial score (nSPS) is 17.2. The highest BCUT2D eigenvalue weighted by Crippen LogP contribution is 2.23. The van der Waals surface area contributed by atoms with E-state index in [4.69, 9.17) is 5.73 Å². The number of nitrogens with two attached hydrogens (primary N) is 1. The van der Waals surface area contributed by atoms with E-state index >= 15 is 0 Å². The van der Waals surface area contributed by atoms with Crippen molar-refractivity contribution in [3.8, 4) is 0 Å². The van der Waals surface area contributed by atoms with E-state index in [1.807, 2.05) is 6.07 Å². The predicted molar refractivity (Wildman–Crippen MR) is 92.6 cm³/mol. The lowest BCUT2D eigenvalue weighted by Gasteiger charge is -2.32. The van der Waals surface area contributed by atoms with Crippen LogP contribution in [0.15, 0.2) is 18.2 Å². The molecule has 0 spiro atoms. The summed E-state index contributed by atoms with van der Waals surface area (Å²) in [6.45, 7) is 8.31. The fourth-order valence-corrected chi connectivity index (χ4v) is 3.46. The Balaban J connectivity index is 1.67. The maximum absolute atomic E-state index is 5.98. The van der Waals surface area contributed by atoms with Crippen LogP contribution in [0, 0.1) is 12.8 Å². The van der Waals surface area contributed by atoms with Crippen LogP contribution in [0.2, 0.25) is 0 Å². The number of nitrogens with zero attached hydrogens (tertiary/aromatic N) is 1. The number of piperidine rings is 1. The number of unbranched alkanes of at least 4 members (excludes halogenated alkanes) is 1. The minimum atomic E-state index is 0.934. The highest BCUT2D eigenvalue weighted by atomic mass is 15.1. The molecule has 2 N–H and O–H groups in total. The van der Waals surface area contributed by atoms with Gasteiger partial charge in [0.15, 0.2) is 0 Å². The maximum atomic E-state index is 5.98. The second kappa shape index (κ2) is 8.43. The largest absolute Gasteiger partial charge is 0.399 e. The molecule has 2 nitrogen and oxygen atoms in total. The van der Waals surface area contributed by atoms with Crippen molar-refractivity contribution >= 4 is 5.69 Å². The van der Waals surface area contributed by atoms with Crippen LogP contribution in [0.1, 0.15) is 56.6 Å². The number of nitrogen functional groups attached to an aromatic ring is 1. The molecule has 0 unspecified atom stereocenters. The van der Waals surface area contributed by atoms with Gasteiger partial charge in [-0.15, -0.1) is 0 Å². The molecule has 0 atom stereocenters. The molecule has 2 heteroatoms. The van der Waals surface area contributed by atoms with Crippen molar-refractivity contribution in [3.63, 3.8) is 0 Å². The predicted octanol–water partition coefficient (Wildman–Crippen LogP) is 4.41. The zero-order valence-electron chi connectivity index (χ0n) is 13.9. The standard InChI is InChI=1S/C19H32N2/c1-3-4-7-17-11-14-21(15-12-17)13-6-9-18-8-5-10-19(20)16(18)2/h5,8,10,17H,3-4,6-7,9,11-15,20H2,1-2H3. The second-order valence-electron chi connectivity index (χ2n) is 6.66. The zero-order chi connectivity index (χ0) is 15.1. The number of rotatable bonds is 7. The molecule has 1 fully saturated rings. The molecule has 0 saturated carbocycles. The Kier molecular flexibility index (Phi) is 6.56. The van der Waals surface area contributed by atoms with E-state index in [0.717, 1.165) is 18.0 Å². The number of aryl methyl sites for hydroxylation is 1. The van der Waals surface area contributed by atoms with Crippen LogP contribution in [0.3, 0.4) is 0 Å². The van der Waals surface area contributed by atoms with Gasteiger partial charge in [-0.2, -0.15) is 0 Å². The highest BCUT2D eigenvalue weighted by Gasteiger charge is 2.18. The SMILES string of the molecule is CCCCC1CCN(CCCc2cccc(N)c2C)CC1. The van der Waals surface area contributed by atoms with Gasteiger partial charge >= 0.3 is 0 Å². The lowest BCUT2D eigenvalue weighted by atomic mass is 9.91. The van der Waals surface area contributed by atoms with Gasteiger partial charge < -0.3 is 10.6 Å². The summed E-state index contributed by atoms with van der Waals surface area (Å²) in [6.07, 6.45) is 9.46. The molecule has 2 rings (SSSR count). The summed E-state index contributed by atoms with van der Waals surface area (Å²) in [6, 6.07) is 6.31. The fourth-order valence-electron chi connectivity index (χ4n) is 3.46. The molecule has 0 radical (unpaired) electrons. The summed E-state index contributed by atoms with van der Waals surface area (Å²) >= 11 is 0. The zero-order valence-corrected chi connectivity index (χ0v) is 13.9. The van der Waals surface area contributed by atoms with Gasteiger partial charge in [-0.25, -0.2) is 0 Å². The summed E-state index contributed by atoms with van der Waals surface area (Å²) in [5.74, 6) is 0.998. The van der Waals surface area contributed by atoms with E-state index < -0.39 is 0 Å². The Morgan fingerprint density at radius 1 is 1.19 bits per heavy atom. The Morgan fingerprint density at radius 2 is 1.95 bits per heavy atom. The molecular weight excluding hydrogens is 256 g/mol. The number of likely N-dealkylation sites (tertiary alicyclic amines) is 1. The van der Waals surface area contributed by atoms with Gasteiger partial charge in [0.05, 0.1) is 0 Å². The van der Waals surface area contributed by atoms with Gasteiger partial charge in [-0.3, -0.25) is 0 Å². The second-order valence-corrected chi connectivity index (χ2v) is 6.66. The van der Waals surface area contributed by atoms with E-state index in [2.05, 4.69) is 30.9 Å². The van der Waals surface area contributed by atoms with Crippen LogP contribution < -0.4 is 5.73 Å². The quantitative estimate of drug-likeness (QED) is 0.753.